The molecule has 0 bridgehead atoms. The number of ether oxygens (including phenoxy) is 1. The minimum atomic E-state index is -0.198. The standard InChI is InChI=1S/C21H20ClN5O2/c1-2-14-12-9-13(21(28)25-15(12)3-6-23-14)20-24-16-10-17(22)26-18(19(16)27-20)11-4-7-29-8-5-11/h3,6,9-11H,2,4-5,7-8H2,1H3,(H,24,27)(H,25,28). The summed E-state index contributed by atoms with van der Waals surface area (Å²) in [6.45, 7) is 3.45. The van der Waals surface area contributed by atoms with Gasteiger partial charge in [-0.3, -0.25) is 9.78 Å². The first-order valence-electron chi connectivity index (χ1n) is 9.79. The quantitative estimate of drug-likeness (QED) is 0.499. The molecule has 4 aromatic heterocycles. The fourth-order valence-corrected chi connectivity index (χ4v) is 4.23. The molecule has 0 spiro atoms. The zero-order chi connectivity index (χ0) is 20.0. The Bertz CT molecular complexity index is 1270. The summed E-state index contributed by atoms with van der Waals surface area (Å²) in [6, 6.07) is 5.43. The minimum Gasteiger partial charge on any atom is -0.381 e. The summed E-state index contributed by atoms with van der Waals surface area (Å²) in [7, 11) is 0. The third-order valence-corrected chi connectivity index (χ3v) is 5.71. The van der Waals surface area contributed by atoms with Crippen LogP contribution < -0.4 is 5.56 Å². The minimum absolute atomic E-state index is 0.198. The lowest BCUT2D eigenvalue weighted by molar-refractivity contribution is 0.0848. The van der Waals surface area contributed by atoms with Gasteiger partial charge in [-0.15, -0.1) is 0 Å². The van der Waals surface area contributed by atoms with Gasteiger partial charge < -0.3 is 14.7 Å². The molecule has 1 fully saturated rings. The topological polar surface area (TPSA) is 96.6 Å². The van der Waals surface area contributed by atoms with Crippen molar-refractivity contribution in [2.75, 3.05) is 13.2 Å². The molecule has 1 aliphatic rings. The monoisotopic (exact) mass is 409 g/mol. The summed E-state index contributed by atoms with van der Waals surface area (Å²) >= 11 is 6.28. The lowest BCUT2D eigenvalue weighted by atomic mass is 9.95. The highest BCUT2D eigenvalue weighted by molar-refractivity contribution is 6.30. The Morgan fingerprint density at radius 1 is 1.17 bits per heavy atom. The van der Waals surface area contributed by atoms with Crippen molar-refractivity contribution in [3.63, 3.8) is 0 Å². The summed E-state index contributed by atoms with van der Waals surface area (Å²) in [6.07, 6.45) is 4.25. The molecular weight excluding hydrogens is 390 g/mol. The van der Waals surface area contributed by atoms with Crippen molar-refractivity contribution >= 4 is 33.5 Å². The highest BCUT2D eigenvalue weighted by Crippen LogP contribution is 2.33. The molecule has 0 amide bonds. The van der Waals surface area contributed by atoms with Crippen LogP contribution in [0.3, 0.4) is 0 Å². The van der Waals surface area contributed by atoms with Crippen molar-refractivity contribution < 1.29 is 4.74 Å². The Labute approximate surface area is 171 Å². The maximum absolute atomic E-state index is 12.8. The van der Waals surface area contributed by atoms with Gasteiger partial charge in [0, 0.05) is 42.5 Å². The number of aromatic nitrogens is 5. The second-order valence-electron chi connectivity index (χ2n) is 7.28. The van der Waals surface area contributed by atoms with Crippen molar-refractivity contribution in [3.05, 3.63) is 51.3 Å². The van der Waals surface area contributed by atoms with Gasteiger partial charge in [-0.25, -0.2) is 9.97 Å². The van der Waals surface area contributed by atoms with Crippen molar-refractivity contribution in [3.8, 4) is 11.4 Å². The summed E-state index contributed by atoms with van der Waals surface area (Å²) in [5, 5.41) is 1.34. The molecule has 5 rings (SSSR count). The molecule has 0 unspecified atom stereocenters. The number of aryl methyl sites for hydroxylation is 1. The van der Waals surface area contributed by atoms with E-state index in [1.54, 1.807) is 12.3 Å². The van der Waals surface area contributed by atoms with E-state index in [4.69, 9.17) is 21.3 Å². The van der Waals surface area contributed by atoms with Crippen LogP contribution in [0.15, 0.2) is 29.2 Å². The average molecular weight is 410 g/mol. The first kappa shape index (κ1) is 18.3. The Balaban J connectivity index is 1.70. The van der Waals surface area contributed by atoms with Crippen molar-refractivity contribution in [2.45, 2.75) is 32.1 Å². The van der Waals surface area contributed by atoms with Gasteiger partial charge in [-0.1, -0.05) is 18.5 Å². The van der Waals surface area contributed by atoms with Gasteiger partial charge in [0.25, 0.3) is 5.56 Å². The number of hydrogen-bond acceptors (Lipinski definition) is 5. The van der Waals surface area contributed by atoms with E-state index in [-0.39, 0.29) is 11.5 Å². The van der Waals surface area contributed by atoms with Crippen LogP contribution in [0.2, 0.25) is 5.15 Å². The average Bonchev–Trinajstić information content (AvgIpc) is 3.16. The molecule has 5 heterocycles. The van der Waals surface area contributed by atoms with Gasteiger partial charge in [-0.05, 0) is 31.4 Å². The Morgan fingerprint density at radius 3 is 2.79 bits per heavy atom. The first-order valence-corrected chi connectivity index (χ1v) is 10.2. The predicted octanol–water partition coefficient (Wildman–Crippen LogP) is 3.97. The van der Waals surface area contributed by atoms with Gasteiger partial charge in [0.15, 0.2) is 0 Å². The van der Waals surface area contributed by atoms with Crippen molar-refractivity contribution in [1.82, 2.24) is 24.9 Å². The van der Waals surface area contributed by atoms with Gasteiger partial charge in [0.05, 0.1) is 22.3 Å². The second kappa shape index (κ2) is 7.24. The lowest BCUT2D eigenvalue weighted by Gasteiger charge is -2.21. The molecule has 0 saturated carbocycles. The van der Waals surface area contributed by atoms with Crippen LogP contribution >= 0.6 is 11.6 Å². The van der Waals surface area contributed by atoms with E-state index in [1.807, 2.05) is 19.1 Å². The van der Waals surface area contributed by atoms with Crippen molar-refractivity contribution in [2.24, 2.45) is 0 Å². The maximum atomic E-state index is 12.8. The van der Waals surface area contributed by atoms with Crippen LogP contribution in [0, 0.1) is 0 Å². The van der Waals surface area contributed by atoms with E-state index in [9.17, 15) is 4.79 Å². The van der Waals surface area contributed by atoms with E-state index >= 15 is 0 Å². The molecule has 4 aromatic rings. The number of nitrogens with one attached hydrogen (secondary N) is 2. The molecule has 2 N–H and O–H groups in total. The number of fused-ring (bicyclic) bond motifs is 2. The van der Waals surface area contributed by atoms with Crippen LogP contribution in [-0.4, -0.2) is 38.1 Å². The second-order valence-corrected chi connectivity index (χ2v) is 7.67. The van der Waals surface area contributed by atoms with Gasteiger partial charge in [0.1, 0.15) is 16.5 Å². The number of rotatable bonds is 3. The van der Waals surface area contributed by atoms with Crippen LogP contribution in [0.5, 0.6) is 0 Å². The van der Waals surface area contributed by atoms with Gasteiger partial charge in [0.2, 0.25) is 0 Å². The normalized spacial score (nSPS) is 15.4. The highest BCUT2D eigenvalue weighted by Gasteiger charge is 2.23. The van der Waals surface area contributed by atoms with E-state index in [2.05, 4.69) is 19.9 Å². The molecule has 0 atom stereocenters. The number of aromatic amines is 2. The number of hydrogen-bond donors (Lipinski definition) is 2. The fraction of sp³-hybridized carbons (Fsp3) is 0.333. The highest BCUT2D eigenvalue weighted by atomic mass is 35.5. The molecule has 0 aliphatic carbocycles. The van der Waals surface area contributed by atoms with Crippen molar-refractivity contribution in [1.29, 1.82) is 0 Å². The summed E-state index contributed by atoms with van der Waals surface area (Å²) in [5.74, 6) is 0.748. The van der Waals surface area contributed by atoms with Crippen LogP contribution in [-0.2, 0) is 11.2 Å². The van der Waals surface area contributed by atoms with E-state index in [0.29, 0.717) is 29.8 Å². The zero-order valence-corrected chi connectivity index (χ0v) is 16.7. The first-order chi connectivity index (χ1) is 14.1. The molecular formula is C21H20ClN5O2. The zero-order valence-electron chi connectivity index (χ0n) is 16.0. The molecule has 0 radical (unpaired) electrons. The number of halogens is 1. The molecule has 1 saturated heterocycles. The summed E-state index contributed by atoms with van der Waals surface area (Å²) < 4.78 is 5.48. The number of pyridine rings is 3. The van der Waals surface area contributed by atoms with Crippen LogP contribution in [0.1, 0.15) is 37.1 Å². The Morgan fingerprint density at radius 2 is 2.00 bits per heavy atom. The van der Waals surface area contributed by atoms with Gasteiger partial charge in [-0.2, -0.15) is 0 Å². The van der Waals surface area contributed by atoms with Crippen LogP contribution in [0.25, 0.3) is 33.3 Å². The molecule has 0 aromatic carbocycles. The lowest BCUT2D eigenvalue weighted by Crippen LogP contribution is -2.15. The third kappa shape index (κ3) is 3.20. The Hall–Kier alpha value is -2.77. The largest absolute Gasteiger partial charge is 0.381 e. The number of H-pyrrole nitrogens is 2. The molecule has 1 aliphatic heterocycles. The van der Waals surface area contributed by atoms with E-state index in [1.165, 1.54) is 0 Å². The maximum Gasteiger partial charge on any atom is 0.259 e. The predicted molar refractivity (Wildman–Crippen MR) is 112 cm³/mol. The van der Waals surface area contributed by atoms with E-state index in [0.717, 1.165) is 52.6 Å². The fourth-order valence-electron chi connectivity index (χ4n) is 4.03. The van der Waals surface area contributed by atoms with Gasteiger partial charge >= 0.3 is 0 Å². The SMILES string of the molecule is CCc1nccc2[nH]c(=O)c(-c3nc4c(C5CCOCC5)nc(Cl)cc4[nH]3)cc12. The van der Waals surface area contributed by atoms with E-state index < -0.39 is 0 Å². The molecule has 8 heteroatoms. The number of imidazole rings is 1. The molecule has 7 nitrogen and oxygen atoms in total. The molecule has 148 valence electrons. The molecule has 29 heavy (non-hydrogen) atoms. The smallest absolute Gasteiger partial charge is 0.259 e. The third-order valence-electron chi connectivity index (χ3n) is 5.52. The summed E-state index contributed by atoms with van der Waals surface area (Å²) in [4.78, 5) is 32.7. The number of nitrogens with zero attached hydrogens (tertiary/aromatic N) is 3. The van der Waals surface area contributed by atoms with Crippen LogP contribution in [0.4, 0.5) is 0 Å². The Kier molecular flexibility index (Phi) is 4.56. The summed E-state index contributed by atoms with van der Waals surface area (Å²) in [5.41, 5.74) is 4.40.